The van der Waals surface area contributed by atoms with E-state index < -0.39 is 13.7 Å². The van der Waals surface area contributed by atoms with E-state index in [4.69, 9.17) is 0 Å². The Balaban J connectivity index is 2.16. The summed E-state index contributed by atoms with van der Waals surface area (Å²) in [5.74, 6) is 0.265. The van der Waals surface area contributed by atoms with E-state index >= 15 is 0 Å². The Morgan fingerprint density at radius 2 is 2.00 bits per heavy atom. The number of carbonyl (C=O) groups is 1. The van der Waals surface area contributed by atoms with Crippen molar-refractivity contribution >= 4 is 13.9 Å². The van der Waals surface area contributed by atoms with Gasteiger partial charge in [0.15, 0.2) is 5.78 Å². The average molecular weight is 293 g/mol. The molecule has 1 N–H and O–H groups in total. The average Bonchev–Trinajstić information content (AvgIpc) is 2.85. The van der Waals surface area contributed by atoms with Gasteiger partial charge in [-0.1, -0.05) is 31.3 Å². The molecule has 3 nitrogen and oxygen atoms in total. The molecule has 0 saturated heterocycles. The second-order valence-corrected chi connectivity index (χ2v) is 13.3. The van der Waals surface area contributed by atoms with Crippen LogP contribution in [0.25, 0.3) is 0 Å². The standard InChI is InChI=1S/C16H27NO2Si/c1-17(2)15-10-11-7-6-8-16(11,19)14(15)12(18)9-13(15)20(3,4)5/h9,11,14,19H,6-8,10H2,1-5H3/t11-,14+,15+,16+/m0/s1. The lowest BCUT2D eigenvalue weighted by atomic mass is 9.79. The van der Waals surface area contributed by atoms with Gasteiger partial charge in [-0.2, -0.15) is 0 Å². The Labute approximate surface area is 123 Å². The van der Waals surface area contributed by atoms with Gasteiger partial charge in [0.05, 0.1) is 25.1 Å². The molecule has 2 fully saturated rings. The highest BCUT2D eigenvalue weighted by Crippen LogP contribution is 2.62. The summed E-state index contributed by atoms with van der Waals surface area (Å²) in [5.41, 5.74) is -0.958. The Kier molecular flexibility index (Phi) is 2.93. The quantitative estimate of drug-likeness (QED) is 0.794. The molecule has 3 rings (SSSR count). The molecule has 20 heavy (non-hydrogen) atoms. The molecule has 112 valence electrons. The first-order valence-corrected chi connectivity index (χ1v) is 11.3. The van der Waals surface area contributed by atoms with Crippen LogP contribution in [0, 0.1) is 11.8 Å². The zero-order chi connectivity index (χ0) is 14.9. The summed E-state index contributed by atoms with van der Waals surface area (Å²) >= 11 is 0. The predicted octanol–water partition coefficient (Wildman–Crippen LogP) is 2.22. The van der Waals surface area contributed by atoms with Crippen molar-refractivity contribution in [2.45, 2.75) is 56.5 Å². The molecule has 0 aliphatic heterocycles. The summed E-state index contributed by atoms with van der Waals surface area (Å²) in [7, 11) is 2.59. The van der Waals surface area contributed by atoms with Gasteiger partial charge in [-0.3, -0.25) is 9.69 Å². The fourth-order valence-corrected chi connectivity index (χ4v) is 7.64. The molecule has 0 spiro atoms. The van der Waals surface area contributed by atoms with Crippen LogP contribution in [0.3, 0.4) is 0 Å². The minimum absolute atomic E-state index is 0.183. The maximum atomic E-state index is 12.7. The van der Waals surface area contributed by atoms with Gasteiger partial charge in [-0.05, 0) is 45.4 Å². The van der Waals surface area contributed by atoms with Gasteiger partial charge in [0.1, 0.15) is 0 Å². The molecule has 0 heterocycles. The van der Waals surface area contributed by atoms with Crippen LogP contribution in [0.1, 0.15) is 25.7 Å². The van der Waals surface area contributed by atoms with Gasteiger partial charge in [0.25, 0.3) is 0 Å². The molecule has 3 aliphatic rings. The third-order valence-electron chi connectivity index (χ3n) is 6.02. The van der Waals surface area contributed by atoms with Gasteiger partial charge < -0.3 is 5.11 Å². The first kappa shape index (κ1) is 14.5. The molecular weight excluding hydrogens is 266 g/mol. The van der Waals surface area contributed by atoms with E-state index in [9.17, 15) is 9.90 Å². The van der Waals surface area contributed by atoms with E-state index in [2.05, 4.69) is 38.6 Å². The van der Waals surface area contributed by atoms with Crippen LogP contribution in [-0.2, 0) is 4.79 Å². The Bertz CT molecular complexity index is 493. The van der Waals surface area contributed by atoms with Crippen LogP contribution in [0.5, 0.6) is 0 Å². The van der Waals surface area contributed by atoms with Gasteiger partial charge >= 0.3 is 0 Å². The van der Waals surface area contributed by atoms with Crippen LogP contribution >= 0.6 is 0 Å². The van der Waals surface area contributed by atoms with Crippen molar-refractivity contribution in [3.8, 4) is 0 Å². The van der Waals surface area contributed by atoms with Crippen molar-refractivity contribution in [1.29, 1.82) is 0 Å². The smallest absolute Gasteiger partial charge is 0.163 e. The maximum Gasteiger partial charge on any atom is 0.163 e. The Morgan fingerprint density at radius 1 is 1.35 bits per heavy atom. The molecule has 0 bridgehead atoms. The van der Waals surface area contributed by atoms with E-state index in [1.54, 1.807) is 0 Å². The molecule has 0 radical (unpaired) electrons. The minimum Gasteiger partial charge on any atom is -0.389 e. The first-order valence-electron chi connectivity index (χ1n) is 7.80. The number of hydrogen-bond acceptors (Lipinski definition) is 3. The third-order valence-corrected chi connectivity index (χ3v) is 8.21. The summed E-state index contributed by atoms with van der Waals surface area (Å²) in [5, 5.41) is 12.6. The largest absolute Gasteiger partial charge is 0.389 e. The third kappa shape index (κ3) is 1.56. The van der Waals surface area contributed by atoms with E-state index in [-0.39, 0.29) is 17.2 Å². The predicted molar refractivity (Wildman–Crippen MR) is 83.3 cm³/mol. The number of ketones is 1. The first-order chi connectivity index (χ1) is 9.14. The van der Waals surface area contributed by atoms with Gasteiger partial charge in [-0.25, -0.2) is 0 Å². The van der Waals surface area contributed by atoms with Crippen molar-refractivity contribution in [2.24, 2.45) is 11.8 Å². The number of rotatable bonds is 2. The number of hydrogen-bond donors (Lipinski definition) is 1. The monoisotopic (exact) mass is 293 g/mol. The zero-order valence-corrected chi connectivity index (χ0v) is 14.4. The SMILES string of the molecule is CN(C)[C@@]12C[C@@H]3CCC[C@]3(O)[C@@H]1C(=O)C=C2[Si](C)(C)C. The Hall–Kier alpha value is -0.453. The number of allylic oxidation sites excluding steroid dienone is 1. The summed E-state index contributed by atoms with van der Waals surface area (Å²) in [6, 6.07) is 0. The molecule has 3 aliphatic carbocycles. The normalized spacial score (nSPS) is 44.0. The van der Waals surface area contributed by atoms with E-state index in [1.807, 2.05) is 6.08 Å². The molecular formula is C16H27NO2Si. The lowest BCUT2D eigenvalue weighted by Gasteiger charge is -2.45. The van der Waals surface area contributed by atoms with E-state index in [1.165, 1.54) is 5.20 Å². The van der Waals surface area contributed by atoms with E-state index in [0.29, 0.717) is 5.92 Å². The fourth-order valence-electron chi connectivity index (χ4n) is 5.30. The van der Waals surface area contributed by atoms with E-state index in [0.717, 1.165) is 25.7 Å². The number of likely N-dealkylation sites (N-methyl/N-ethyl adjacent to an activating group) is 1. The van der Waals surface area contributed by atoms with Crippen LogP contribution < -0.4 is 0 Å². The van der Waals surface area contributed by atoms with Crippen molar-refractivity contribution in [3.63, 3.8) is 0 Å². The number of nitrogens with zero attached hydrogens (tertiary/aromatic N) is 1. The molecule has 2 saturated carbocycles. The van der Waals surface area contributed by atoms with Crippen molar-refractivity contribution in [1.82, 2.24) is 4.90 Å². The fraction of sp³-hybridized carbons (Fsp3) is 0.812. The molecule has 0 amide bonds. The van der Waals surface area contributed by atoms with Crippen LogP contribution in [0.15, 0.2) is 11.3 Å². The molecule has 0 aromatic rings. The highest BCUT2D eigenvalue weighted by Gasteiger charge is 2.70. The zero-order valence-electron chi connectivity index (χ0n) is 13.4. The van der Waals surface area contributed by atoms with Crippen molar-refractivity contribution < 1.29 is 9.90 Å². The molecule has 0 unspecified atom stereocenters. The summed E-state index contributed by atoms with van der Waals surface area (Å²) in [6.45, 7) is 6.95. The second kappa shape index (κ2) is 4.05. The molecule has 4 heteroatoms. The molecule has 0 aromatic carbocycles. The molecule has 4 atom stereocenters. The van der Waals surface area contributed by atoms with Crippen molar-refractivity contribution in [3.05, 3.63) is 11.3 Å². The second-order valence-electron chi connectivity index (χ2n) is 8.25. The molecule has 0 aromatic heterocycles. The van der Waals surface area contributed by atoms with Gasteiger partial charge in [0, 0.05) is 0 Å². The number of aliphatic hydroxyl groups is 1. The van der Waals surface area contributed by atoms with Crippen molar-refractivity contribution in [2.75, 3.05) is 14.1 Å². The number of carbonyl (C=O) groups excluding carboxylic acids is 1. The number of fused-ring (bicyclic) bond motifs is 3. The van der Waals surface area contributed by atoms with Gasteiger partial charge in [0.2, 0.25) is 0 Å². The topological polar surface area (TPSA) is 40.5 Å². The highest BCUT2D eigenvalue weighted by molar-refractivity contribution is 6.84. The highest BCUT2D eigenvalue weighted by atomic mass is 28.3. The summed E-state index contributed by atoms with van der Waals surface area (Å²) in [4.78, 5) is 15.0. The van der Waals surface area contributed by atoms with Crippen LogP contribution in [-0.4, -0.2) is 49.1 Å². The van der Waals surface area contributed by atoms with Crippen LogP contribution in [0.2, 0.25) is 19.6 Å². The lowest BCUT2D eigenvalue weighted by Crippen LogP contribution is -2.56. The lowest BCUT2D eigenvalue weighted by molar-refractivity contribution is -0.129. The van der Waals surface area contributed by atoms with Crippen LogP contribution in [0.4, 0.5) is 0 Å². The van der Waals surface area contributed by atoms with Gasteiger partial charge in [-0.15, -0.1) is 0 Å². The minimum atomic E-state index is -1.58. The Morgan fingerprint density at radius 3 is 2.55 bits per heavy atom. The summed E-state index contributed by atoms with van der Waals surface area (Å²) in [6.07, 6.45) is 5.81. The maximum absolute atomic E-state index is 12.7. The summed E-state index contributed by atoms with van der Waals surface area (Å²) < 4.78 is 0.